The molecular formula is C22H29NO6. The lowest BCUT2D eigenvalue weighted by Crippen LogP contribution is -2.34. The number of carbonyl (C=O) groups excluding carboxylic acids is 1. The summed E-state index contributed by atoms with van der Waals surface area (Å²) in [5.74, 6) is 1.64. The van der Waals surface area contributed by atoms with Gasteiger partial charge in [0.25, 0.3) is 0 Å². The van der Waals surface area contributed by atoms with Crippen LogP contribution in [-0.2, 0) is 9.53 Å². The molecule has 0 spiro atoms. The van der Waals surface area contributed by atoms with E-state index in [4.69, 9.17) is 29.4 Å². The molecule has 0 aliphatic rings. The minimum atomic E-state index is -0.738. The second kappa shape index (κ2) is 10.0. The predicted molar refractivity (Wildman–Crippen MR) is 110 cm³/mol. The van der Waals surface area contributed by atoms with E-state index in [1.54, 1.807) is 47.5 Å². The van der Waals surface area contributed by atoms with Crippen molar-refractivity contribution in [2.45, 2.75) is 31.9 Å². The number of carbonyl (C=O) groups is 1. The highest BCUT2D eigenvalue weighted by molar-refractivity contribution is 5.75. The molecule has 2 aromatic rings. The molecule has 7 heteroatoms. The van der Waals surface area contributed by atoms with E-state index in [9.17, 15) is 4.79 Å². The summed E-state index contributed by atoms with van der Waals surface area (Å²) in [7, 11) is 6.35. The number of esters is 1. The highest BCUT2D eigenvalue weighted by Crippen LogP contribution is 2.42. The van der Waals surface area contributed by atoms with Crippen LogP contribution < -0.4 is 24.7 Å². The maximum Gasteiger partial charge on any atom is 0.322 e. The van der Waals surface area contributed by atoms with Gasteiger partial charge in [0.2, 0.25) is 0 Å². The van der Waals surface area contributed by atoms with Crippen LogP contribution in [0.15, 0.2) is 36.4 Å². The predicted octanol–water partition coefficient (Wildman–Crippen LogP) is 3.13. The molecule has 0 heterocycles. The van der Waals surface area contributed by atoms with Gasteiger partial charge in [0.15, 0.2) is 0 Å². The molecule has 0 saturated carbocycles. The molecule has 0 unspecified atom stereocenters. The molecule has 0 amide bonds. The normalized spacial score (nSPS) is 12.8. The van der Waals surface area contributed by atoms with Gasteiger partial charge in [0.05, 0.1) is 34.4 Å². The minimum absolute atomic E-state index is 0.423. The van der Waals surface area contributed by atoms with Crippen molar-refractivity contribution in [3.63, 3.8) is 0 Å². The molecular weight excluding hydrogens is 374 g/mol. The Labute approximate surface area is 171 Å². The molecule has 2 rings (SSSR count). The standard InChI is InChI=1S/C22H29NO6/c1-13(23)22(24)29-14(2)21(17-11-15(25-3)7-9-19(17)27-5)18-12-16(26-4)8-10-20(18)28-6/h7-14,21H,23H2,1-6H3/t13-,14-/m0/s1. The summed E-state index contributed by atoms with van der Waals surface area (Å²) < 4.78 is 27.6. The molecule has 0 radical (unpaired) electrons. The molecule has 2 N–H and O–H groups in total. The average molecular weight is 403 g/mol. The summed E-state index contributed by atoms with van der Waals surface area (Å²) in [6.45, 7) is 3.39. The fourth-order valence-corrected chi connectivity index (χ4v) is 3.20. The third kappa shape index (κ3) is 5.12. The van der Waals surface area contributed by atoms with Crippen molar-refractivity contribution in [2.24, 2.45) is 5.73 Å². The van der Waals surface area contributed by atoms with Gasteiger partial charge >= 0.3 is 5.97 Å². The quantitative estimate of drug-likeness (QED) is 0.644. The molecule has 0 aromatic heterocycles. The van der Waals surface area contributed by atoms with E-state index >= 15 is 0 Å². The van der Waals surface area contributed by atoms with Gasteiger partial charge in [-0.05, 0) is 50.2 Å². The second-order valence-electron chi connectivity index (χ2n) is 6.62. The van der Waals surface area contributed by atoms with Crippen molar-refractivity contribution in [3.05, 3.63) is 47.5 Å². The van der Waals surface area contributed by atoms with Crippen molar-refractivity contribution in [2.75, 3.05) is 28.4 Å². The lowest BCUT2D eigenvalue weighted by atomic mass is 9.85. The van der Waals surface area contributed by atoms with E-state index in [1.807, 2.05) is 31.2 Å². The fourth-order valence-electron chi connectivity index (χ4n) is 3.20. The second-order valence-corrected chi connectivity index (χ2v) is 6.62. The third-order valence-electron chi connectivity index (χ3n) is 4.69. The molecule has 0 saturated heterocycles. The summed E-state index contributed by atoms with van der Waals surface area (Å²) in [6.07, 6.45) is -0.574. The highest BCUT2D eigenvalue weighted by atomic mass is 16.5. The Morgan fingerprint density at radius 2 is 1.24 bits per heavy atom. The van der Waals surface area contributed by atoms with Crippen LogP contribution in [0.3, 0.4) is 0 Å². The summed E-state index contributed by atoms with van der Waals surface area (Å²) >= 11 is 0. The lowest BCUT2D eigenvalue weighted by Gasteiger charge is -2.28. The summed E-state index contributed by atoms with van der Waals surface area (Å²) in [5, 5.41) is 0. The van der Waals surface area contributed by atoms with Gasteiger partial charge in [-0.25, -0.2) is 0 Å². The Morgan fingerprint density at radius 1 is 0.793 bits per heavy atom. The number of ether oxygens (including phenoxy) is 5. The minimum Gasteiger partial charge on any atom is -0.497 e. The van der Waals surface area contributed by atoms with Crippen LogP contribution in [0.1, 0.15) is 30.9 Å². The number of hydrogen-bond acceptors (Lipinski definition) is 7. The first-order chi connectivity index (χ1) is 13.9. The molecule has 29 heavy (non-hydrogen) atoms. The van der Waals surface area contributed by atoms with Gasteiger partial charge in [0, 0.05) is 11.1 Å². The van der Waals surface area contributed by atoms with Gasteiger partial charge in [0.1, 0.15) is 35.1 Å². The molecule has 2 atom stereocenters. The molecule has 0 aliphatic carbocycles. The van der Waals surface area contributed by atoms with Gasteiger partial charge < -0.3 is 29.4 Å². The highest BCUT2D eigenvalue weighted by Gasteiger charge is 2.31. The van der Waals surface area contributed by atoms with Crippen molar-refractivity contribution in [1.82, 2.24) is 0 Å². The summed E-state index contributed by atoms with van der Waals surface area (Å²) in [4.78, 5) is 12.2. The van der Waals surface area contributed by atoms with Crippen LogP contribution in [0.4, 0.5) is 0 Å². The fraction of sp³-hybridized carbons (Fsp3) is 0.409. The number of hydrogen-bond donors (Lipinski definition) is 1. The Kier molecular flexibility index (Phi) is 7.73. The Bertz CT molecular complexity index is 781. The lowest BCUT2D eigenvalue weighted by molar-refractivity contribution is -0.150. The first-order valence-electron chi connectivity index (χ1n) is 9.26. The maximum absolute atomic E-state index is 12.2. The van der Waals surface area contributed by atoms with Gasteiger partial charge in [-0.2, -0.15) is 0 Å². The zero-order valence-electron chi connectivity index (χ0n) is 17.7. The van der Waals surface area contributed by atoms with Crippen molar-refractivity contribution < 1.29 is 28.5 Å². The van der Waals surface area contributed by atoms with Gasteiger partial charge in [-0.15, -0.1) is 0 Å². The Balaban J connectivity index is 2.69. The third-order valence-corrected chi connectivity index (χ3v) is 4.69. The number of rotatable bonds is 9. The van der Waals surface area contributed by atoms with Crippen molar-refractivity contribution >= 4 is 5.97 Å². The van der Waals surface area contributed by atoms with Crippen LogP contribution in [0, 0.1) is 0 Å². The first-order valence-corrected chi connectivity index (χ1v) is 9.26. The van der Waals surface area contributed by atoms with E-state index < -0.39 is 24.0 Å². The van der Waals surface area contributed by atoms with Crippen LogP contribution in [0.2, 0.25) is 0 Å². The van der Waals surface area contributed by atoms with Crippen LogP contribution in [0.5, 0.6) is 23.0 Å². The zero-order chi connectivity index (χ0) is 21.6. The van der Waals surface area contributed by atoms with Gasteiger partial charge in [-0.3, -0.25) is 4.79 Å². The Morgan fingerprint density at radius 3 is 1.59 bits per heavy atom. The monoisotopic (exact) mass is 403 g/mol. The van der Waals surface area contributed by atoms with Crippen LogP contribution >= 0.6 is 0 Å². The van der Waals surface area contributed by atoms with Crippen molar-refractivity contribution in [3.8, 4) is 23.0 Å². The number of benzene rings is 2. The maximum atomic E-state index is 12.2. The van der Waals surface area contributed by atoms with Crippen molar-refractivity contribution in [1.29, 1.82) is 0 Å². The molecule has 2 aromatic carbocycles. The topological polar surface area (TPSA) is 89.2 Å². The zero-order valence-corrected chi connectivity index (χ0v) is 17.7. The SMILES string of the molecule is COc1ccc(OC)c(C(c2cc(OC)ccc2OC)[C@H](C)OC(=O)[C@H](C)N)c1. The molecule has 0 aliphatic heterocycles. The van der Waals surface area contributed by atoms with E-state index in [0.717, 1.165) is 11.1 Å². The van der Waals surface area contributed by atoms with E-state index in [-0.39, 0.29) is 0 Å². The first kappa shape index (κ1) is 22.4. The largest absolute Gasteiger partial charge is 0.497 e. The number of nitrogens with two attached hydrogens (primary N) is 1. The molecule has 0 fully saturated rings. The van der Waals surface area contributed by atoms with Gasteiger partial charge in [-0.1, -0.05) is 0 Å². The number of methoxy groups -OCH3 is 4. The molecule has 0 bridgehead atoms. The molecule has 7 nitrogen and oxygen atoms in total. The summed E-state index contributed by atoms with van der Waals surface area (Å²) in [6, 6.07) is 10.2. The van der Waals surface area contributed by atoms with E-state index in [1.165, 1.54) is 0 Å². The van der Waals surface area contributed by atoms with E-state index in [0.29, 0.717) is 23.0 Å². The smallest absolute Gasteiger partial charge is 0.322 e. The van der Waals surface area contributed by atoms with E-state index in [2.05, 4.69) is 0 Å². The molecule has 158 valence electrons. The summed E-state index contributed by atoms with van der Waals surface area (Å²) in [5.41, 5.74) is 7.26. The average Bonchev–Trinajstić information content (AvgIpc) is 2.73. The Hall–Kier alpha value is -2.93. The van der Waals surface area contributed by atoms with Crippen LogP contribution in [-0.4, -0.2) is 46.6 Å². The van der Waals surface area contributed by atoms with Crippen LogP contribution in [0.25, 0.3) is 0 Å².